The molecule has 9 nitrogen and oxygen atoms in total. The molecule has 0 atom stereocenters. The number of halogens is 6. The summed E-state index contributed by atoms with van der Waals surface area (Å²) in [5, 5.41) is 26.7. The van der Waals surface area contributed by atoms with Crippen LogP contribution in [0.4, 0.5) is 26.3 Å². The Labute approximate surface area is 202 Å². The number of carboxylic acid groups (broad SMARTS) is 2. The molecule has 15 heteroatoms. The topological polar surface area (TPSA) is 124 Å². The van der Waals surface area contributed by atoms with Gasteiger partial charge in [-0.3, -0.25) is 14.7 Å². The van der Waals surface area contributed by atoms with E-state index in [9.17, 15) is 26.3 Å². The third-order valence-electron chi connectivity index (χ3n) is 5.81. The number of carbonyl (C=O) groups is 2. The van der Waals surface area contributed by atoms with Gasteiger partial charge in [-0.05, 0) is 51.5 Å². The number of nitrogens with zero attached hydrogens (tertiary/aromatic N) is 4. The van der Waals surface area contributed by atoms with Crippen molar-refractivity contribution in [3.63, 3.8) is 0 Å². The van der Waals surface area contributed by atoms with Crippen LogP contribution >= 0.6 is 0 Å². The lowest BCUT2D eigenvalue weighted by molar-refractivity contribution is -0.193. The standard InChI is InChI=1S/C17H25N5.2C2HF3O2/c1-11-15(12(2)21(3)20-11)9-22(13-7-8-13)10-17-14-5-4-6-16(14)18-19-17;2*3-2(4,5)1(6)7/h13H,4-10H2,1-3H3,(H,18,19);2*(H,6,7). The molecule has 202 valence electrons. The molecule has 0 spiro atoms. The first-order chi connectivity index (χ1) is 16.5. The molecule has 36 heavy (non-hydrogen) atoms. The molecule has 0 saturated heterocycles. The van der Waals surface area contributed by atoms with E-state index < -0.39 is 24.3 Å². The van der Waals surface area contributed by atoms with Gasteiger partial charge in [0.15, 0.2) is 0 Å². The lowest BCUT2D eigenvalue weighted by atomic mass is 10.1. The van der Waals surface area contributed by atoms with E-state index in [1.54, 1.807) is 0 Å². The molecule has 2 heterocycles. The SMILES string of the molecule is Cc1nn(C)c(C)c1CN(Cc1n[nH]c2c1CCC2)C1CC1.O=C(O)C(F)(F)F.O=C(O)C(F)(F)F. The fourth-order valence-corrected chi connectivity index (χ4v) is 3.71. The number of aryl methyl sites for hydroxylation is 3. The predicted molar refractivity (Wildman–Crippen MR) is 113 cm³/mol. The molecule has 1 saturated carbocycles. The van der Waals surface area contributed by atoms with Crippen LogP contribution in [0.3, 0.4) is 0 Å². The number of alkyl halides is 6. The molecular formula is C21H27F6N5O4. The van der Waals surface area contributed by atoms with Crippen LogP contribution in [0.1, 0.15) is 53.2 Å². The van der Waals surface area contributed by atoms with E-state index >= 15 is 0 Å². The molecule has 0 amide bonds. The Balaban J connectivity index is 0.000000271. The van der Waals surface area contributed by atoms with Crippen molar-refractivity contribution in [2.45, 2.75) is 77.4 Å². The van der Waals surface area contributed by atoms with Gasteiger partial charge in [-0.2, -0.15) is 36.5 Å². The van der Waals surface area contributed by atoms with Crippen LogP contribution in [0.2, 0.25) is 0 Å². The van der Waals surface area contributed by atoms with Gasteiger partial charge in [0, 0.05) is 43.1 Å². The maximum Gasteiger partial charge on any atom is 0.490 e. The van der Waals surface area contributed by atoms with E-state index in [4.69, 9.17) is 19.8 Å². The fourth-order valence-electron chi connectivity index (χ4n) is 3.71. The summed E-state index contributed by atoms with van der Waals surface area (Å²) >= 11 is 0. The Bertz CT molecular complexity index is 1050. The van der Waals surface area contributed by atoms with Gasteiger partial charge in [-0.1, -0.05) is 0 Å². The first-order valence-electron chi connectivity index (χ1n) is 10.9. The van der Waals surface area contributed by atoms with Gasteiger partial charge in [0.1, 0.15) is 0 Å². The van der Waals surface area contributed by atoms with Crippen molar-refractivity contribution in [3.8, 4) is 0 Å². The molecule has 0 aromatic carbocycles. The number of rotatable bonds is 5. The molecule has 2 aromatic heterocycles. The van der Waals surface area contributed by atoms with Crippen LogP contribution in [-0.4, -0.2) is 65.4 Å². The Morgan fingerprint density at radius 3 is 1.97 bits per heavy atom. The smallest absolute Gasteiger partial charge is 0.475 e. The summed E-state index contributed by atoms with van der Waals surface area (Å²) in [5.41, 5.74) is 7.98. The minimum atomic E-state index is -5.08. The summed E-state index contributed by atoms with van der Waals surface area (Å²) < 4.78 is 65.5. The normalized spacial score (nSPS) is 15.1. The molecule has 1 fully saturated rings. The second-order valence-corrected chi connectivity index (χ2v) is 8.50. The Morgan fingerprint density at radius 1 is 1.03 bits per heavy atom. The summed E-state index contributed by atoms with van der Waals surface area (Å²) in [6, 6.07) is 0.729. The number of carboxylic acids is 2. The van der Waals surface area contributed by atoms with Crippen molar-refractivity contribution in [2.75, 3.05) is 0 Å². The highest BCUT2D eigenvalue weighted by molar-refractivity contribution is 5.73. The highest BCUT2D eigenvalue weighted by Crippen LogP contribution is 2.32. The third-order valence-corrected chi connectivity index (χ3v) is 5.81. The molecule has 0 aliphatic heterocycles. The van der Waals surface area contributed by atoms with Crippen LogP contribution in [0, 0.1) is 13.8 Å². The van der Waals surface area contributed by atoms with E-state index in [-0.39, 0.29) is 0 Å². The van der Waals surface area contributed by atoms with Gasteiger partial charge < -0.3 is 10.2 Å². The van der Waals surface area contributed by atoms with Gasteiger partial charge in [0.2, 0.25) is 0 Å². The maximum atomic E-state index is 10.6. The van der Waals surface area contributed by atoms with Crippen LogP contribution in [-0.2, 0) is 42.6 Å². The number of aromatic nitrogens is 4. The van der Waals surface area contributed by atoms with Gasteiger partial charge in [-0.15, -0.1) is 0 Å². The average Bonchev–Trinajstić information content (AvgIpc) is 3.29. The predicted octanol–water partition coefficient (Wildman–Crippen LogP) is 3.68. The Kier molecular flexibility index (Phi) is 9.15. The lowest BCUT2D eigenvalue weighted by Crippen LogP contribution is -2.26. The molecule has 3 N–H and O–H groups in total. The van der Waals surface area contributed by atoms with Crippen molar-refractivity contribution in [1.29, 1.82) is 0 Å². The summed E-state index contributed by atoms with van der Waals surface area (Å²) in [4.78, 5) is 20.4. The molecular weight excluding hydrogens is 500 g/mol. The van der Waals surface area contributed by atoms with Crippen LogP contribution < -0.4 is 0 Å². The van der Waals surface area contributed by atoms with Crippen molar-refractivity contribution in [3.05, 3.63) is 33.9 Å². The molecule has 2 aliphatic rings. The number of fused-ring (bicyclic) bond motifs is 1. The molecule has 0 unspecified atom stereocenters. The van der Waals surface area contributed by atoms with Gasteiger partial charge in [-0.25, -0.2) is 9.59 Å². The van der Waals surface area contributed by atoms with E-state index in [1.807, 2.05) is 11.7 Å². The molecule has 4 rings (SSSR count). The summed E-state index contributed by atoms with van der Waals surface area (Å²) in [5.74, 6) is -5.51. The number of H-pyrrole nitrogens is 1. The van der Waals surface area contributed by atoms with Crippen molar-refractivity contribution in [2.24, 2.45) is 7.05 Å². The minimum Gasteiger partial charge on any atom is -0.475 e. The number of hydrogen-bond donors (Lipinski definition) is 3. The monoisotopic (exact) mass is 527 g/mol. The van der Waals surface area contributed by atoms with Crippen molar-refractivity contribution < 1.29 is 46.1 Å². The highest BCUT2D eigenvalue weighted by atomic mass is 19.4. The lowest BCUT2D eigenvalue weighted by Gasteiger charge is -2.21. The summed E-state index contributed by atoms with van der Waals surface area (Å²) in [7, 11) is 2.04. The Morgan fingerprint density at radius 2 is 1.56 bits per heavy atom. The molecule has 2 aliphatic carbocycles. The highest BCUT2D eigenvalue weighted by Gasteiger charge is 2.39. The molecule has 0 bridgehead atoms. The van der Waals surface area contributed by atoms with Gasteiger partial charge in [0.05, 0.1) is 11.4 Å². The van der Waals surface area contributed by atoms with E-state index in [0.29, 0.717) is 0 Å². The molecule has 0 radical (unpaired) electrons. The largest absolute Gasteiger partial charge is 0.490 e. The van der Waals surface area contributed by atoms with Crippen molar-refractivity contribution >= 4 is 11.9 Å². The quantitative estimate of drug-likeness (QED) is 0.507. The fraction of sp³-hybridized carbons (Fsp3) is 0.619. The van der Waals surface area contributed by atoms with Crippen LogP contribution in [0.25, 0.3) is 0 Å². The van der Waals surface area contributed by atoms with Crippen LogP contribution in [0.15, 0.2) is 0 Å². The minimum absolute atomic E-state index is 0.729. The first kappa shape index (κ1) is 29.1. The summed E-state index contributed by atoms with van der Waals surface area (Å²) in [6.45, 7) is 6.27. The van der Waals surface area contributed by atoms with Crippen molar-refractivity contribution in [1.82, 2.24) is 24.9 Å². The number of hydrogen-bond acceptors (Lipinski definition) is 5. The zero-order valence-corrected chi connectivity index (χ0v) is 19.8. The number of aromatic amines is 1. The zero-order chi connectivity index (χ0) is 27.4. The van der Waals surface area contributed by atoms with Crippen LogP contribution in [0.5, 0.6) is 0 Å². The number of nitrogens with one attached hydrogen (secondary N) is 1. The van der Waals surface area contributed by atoms with Gasteiger partial charge >= 0.3 is 24.3 Å². The average molecular weight is 527 g/mol. The second-order valence-electron chi connectivity index (χ2n) is 8.50. The summed E-state index contributed by atoms with van der Waals surface area (Å²) in [6.07, 6.45) is -3.87. The first-order valence-corrected chi connectivity index (χ1v) is 10.9. The Hall–Kier alpha value is -3.10. The number of aliphatic carboxylic acids is 2. The van der Waals surface area contributed by atoms with Gasteiger partial charge in [0.25, 0.3) is 0 Å². The van der Waals surface area contributed by atoms with E-state index in [0.717, 1.165) is 24.8 Å². The third kappa shape index (κ3) is 7.96. The maximum absolute atomic E-state index is 10.6. The zero-order valence-electron chi connectivity index (χ0n) is 19.8. The second kappa shape index (κ2) is 11.3. The van der Waals surface area contributed by atoms with E-state index in [1.165, 1.54) is 60.3 Å². The molecule has 2 aromatic rings. The van der Waals surface area contributed by atoms with E-state index in [2.05, 4.69) is 34.0 Å².